The number of ether oxygens (including phenoxy) is 2. The van der Waals surface area contributed by atoms with Crippen LogP contribution in [0.3, 0.4) is 0 Å². The molecule has 2 fully saturated rings. The van der Waals surface area contributed by atoms with E-state index in [4.69, 9.17) is 18.3 Å². The van der Waals surface area contributed by atoms with Crippen LogP contribution in [0.1, 0.15) is 131 Å². The summed E-state index contributed by atoms with van der Waals surface area (Å²) in [5.74, 6) is -0.115. The zero-order chi connectivity index (χ0) is 46.3. The molecule has 4 aromatic rings. The van der Waals surface area contributed by atoms with Crippen LogP contribution in [0.25, 0.3) is 0 Å². The van der Waals surface area contributed by atoms with E-state index in [0.717, 1.165) is 61.2 Å². The molecule has 1 saturated heterocycles. The first kappa shape index (κ1) is 51.2. The lowest BCUT2D eigenvalue weighted by Crippen LogP contribution is -2.68. The fraction of sp³-hybridized carbons (Fsp3) is 0.544. The van der Waals surface area contributed by atoms with E-state index in [1.165, 1.54) is 48.9 Å². The van der Waals surface area contributed by atoms with Crippen molar-refractivity contribution in [2.24, 2.45) is 11.8 Å². The number of rotatable bonds is 24. The summed E-state index contributed by atoms with van der Waals surface area (Å²) >= 11 is 0. The molecule has 0 unspecified atom stereocenters. The van der Waals surface area contributed by atoms with Crippen LogP contribution in [0.2, 0.25) is 10.1 Å². The summed E-state index contributed by atoms with van der Waals surface area (Å²) in [5.41, 5.74) is -1.43. The molecule has 0 aromatic heterocycles. The number of aliphatic hydroxyl groups excluding tert-OH is 1. The molecule has 0 bridgehead atoms. The summed E-state index contributed by atoms with van der Waals surface area (Å²) in [6.45, 7) is 15.2. The molecule has 2 aliphatic rings. The van der Waals surface area contributed by atoms with E-state index < -0.39 is 28.2 Å². The lowest BCUT2D eigenvalue weighted by Gasteiger charge is -2.46. The zero-order valence-corrected chi connectivity index (χ0v) is 42.8. The van der Waals surface area contributed by atoms with E-state index in [9.17, 15) is 10.2 Å². The molecule has 1 aliphatic carbocycles. The van der Waals surface area contributed by atoms with Gasteiger partial charge in [0.15, 0.2) is 5.79 Å². The van der Waals surface area contributed by atoms with Gasteiger partial charge in [0.1, 0.15) is 0 Å². The van der Waals surface area contributed by atoms with Crippen molar-refractivity contribution in [3.05, 3.63) is 133 Å². The maximum absolute atomic E-state index is 13.3. The maximum Gasteiger partial charge on any atom is 0.261 e. The van der Waals surface area contributed by atoms with Gasteiger partial charge in [0.2, 0.25) is 0 Å². The van der Waals surface area contributed by atoms with Crippen molar-refractivity contribution >= 4 is 37.4 Å². The summed E-state index contributed by atoms with van der Waals surface area (Å²) in [6.07, 6.45) is 19.8. The number of hydrogen-bond acceptors (Lipinski definition) is 6. The maximum atomic E-state index is 13.3. The minimum absolute atomic E-state index is 0.0482. The molecule has 6 nitrogen and oxygen atoms in total. The van der Waals surface area contributed by atoms with Crippen LogP contribution in [0.4, 0.5) is 0 Å². The van der Waals surface area contributed by atoms with E-state index in [2.05, 4.69) is 175 Å². The van der Waals surface area contributed by atoms with Gasteiger partial charge in [0, 0.05) is 31.8 Å². The van der Waals surface area contributed by atoms with E-state index in [1.807, 2.05) is 0 Å². The molecule has 0 amide bonds. The quantitative estimate of drug-likeness (QED) is 0.0414. The van der Waals surface area contributed by atoms with Crippen molar-refractivity contribution in [3.8, 4) is 0 Å². The molecule has 4 aromatic carbocycles. The Bertz CT molecular complexity index is 1890. The normalized spacial score (nSPS) is 17.9. The standard InChI is InChI=1S/C57H82O6Si2/c1-54(2,3)64(50-31-19-12-20-32-50,51-33-21-13-22-34-51)62-43-42-56(59,47-63-65(55(4,5)6,52-35-23-14-24-36-52)53-37-25-15-26-38-53)49(46-58)30-18-9-7-8-10-27-40-57(60-44-45-61-57)41-39-48-28-16-11-17-29-48/h12-15,18-26,30-38,48-49,58-59H,7-11,16-17,27-29,39-47H2,1-6H3/b30-18+/t49-,56-/m1/s1. The highest BCUT2D eigenvalue weighted by atomic mass is 28.4. The number of benzene rings is 4. The summed E-state index contributed by atoms with van der Waals surface area (Å²) in [7, 11) is -5.93. The summed E-state index contributed by atoms with van der Waals surface area (Å²) in [5, 5.41) is 28.7. The van der Waals surface area contributed by atoms with Crippen molar-refractivity contribution in [3.63, 3.8) is 0 Å². The summed E-state index contributed by atoms with van der Waals surface area (Å²) < 4.78 is 27.4. The number of unbranched alkanes of at least 4 members (excludes halogenated alkanes) is 4. The van der Waals surface area contributed by atoms with Crippen molar-refractivity contribution in [1.82, 2.24) is 0 Å². The smallest absolute Gasteiger partial charge is 0.261 e. The highest BCUT2D eigenvalue weighted by Gasteiger charge is 2.53. The first-order chi connectivity index (χ1) is 31.3. The SMILES string of the molecule is CC(C)(C)[Si](OCC[C@@](O)(CO[Si](c1ccccc1)(c1ccccc1)C(C)(C)C)[C@H](/C=C/CCCCCCC1(CCC2CCCCC2)OCCO1)CO)(c1ccccc1)c1ccccc1. The molecular formula is C57H82O6Si2. The van der Waals surface area contributed by atoms with Gasteiger partial charge >= 0.3 is 0 Å². The van der Waals surface area contributed by atoms with Gasteiger partial charge in [-0.05, 0) is 62.4 Å². The highest BCUT2D eigenvalue weighted by molar-refractivity contribution is 7.00. The van der Waals surface area contributed by atoms with E-state index in [1.54, 1.807) is 0 Å². The van der Waals surface area contributed by atoms with Gasteiger partial charge in [0.05, 0.1) is 32.0 Å². The Kier molecular flexibility index (Phi) is 18.7. The minimum atomic E-state index is -3.03. The molecule has 2 atom stereocenters. The second kappa shape index (κ2) is 23.7. The number of allylic oxidation sites excluding steroid dienone is 1. The van der Waals surface area contributed by atoms with Gasteiger partial charge < -0.3 is 28.5 Å². The molecule has 1 saturated carbocycles. The molecule has 8 heteroatoms. The Balaban J connectivity index is 1.21. The van der Waals surface area contributed by atoms with Crippen LogP contribution < -0.4 is 20.7 Å². The lowest BCUT2D eigenvalue weighted by atomic mass is 9.84. The van der Waals surface area contributed by atoms with Crippen molar-refractivity contribution in [2.45, 2.75) is 153 Å². The van der Waals surface area contributed by atoms with E-state index >= 15 is 0 Å². The molecular weight excluding hydrogens is 837 g/mol. The second-order valence-electron chi connectivity index (χ2n) is 21.1. The van der Waals surface area contributed by atoms with Crippen LogP contribution in [0.5, 0.6) is 0 Å². The highest BCUT2D eigenvalue weighted by Crippen LogP contribution is 2.41. The van der Waals surface area contributed by atoms with Gasteiger partial charge in [-0.2, -0.15) is 0 Å². The molecule has 354 valence electrons. The molecule has 2 N–H and O–H groups in total. The largest absolute Gasteiger partial charge is 0.407 e. The Morgan fingerprint density at radius 3 is 1.55 bits per heavy atom. The predicted octanol–water partition coefficient (Wildman–Crippen LogP) is 10.9. The first-order valence-electron chi connectivity index (χ1n) is 25.1. The van der Waals surface area contributed by atoms with E-state index in [-0.39, 0.29) is 35.5 Å². The molecule has 6 rings (SSSR count). The molecule has 1 aliphatic heterocycles. The van der Waals surface area contributed by atoms with Crippen LogP contribution in [0, 0.1) is 11.8 Å². The van der Waals surface area contributed by atoms with Gasteiger partial charge in [-0.1, -0.05) is 220 Å². The van der Waals surface area contributed by atoms with Crippen molar-refractivity contribution in [2.75, 3.05) is 33.0 Å². The zero-order valence-electron chi connectivity index (χ0n) is 40.8. The Hall–Kier alpha value is -3.19. The monoisotopic (exact) mass is 919 g/mol. The number of aliphatic hydroxyl groups is 2. The molecule has 0 spiro atoms. The van der Waals surface area contributed by atoms with Crippen LogP contribution in [-0.2, 0) is 18.3 Å². The third-order valence-corrected chi connectivity index (χ3v) is 24.7. The fourth-order valence-corrected chi connectivity index (χ4v) is 20.2. The predicted molar refractivity (Wildman–Crippen MR) is 275 cm³/mol. The van der Waals surface area contributed by atoms with Crippen LogP contribution in [0.15, 0.2) is 133 Å². The van der Waals surface area contributed by atoms with Crippen LogP contribution in [-0.4, -0.2) is 71.3 Å². The average molecular weight is 919 g/mol. The summed E-state index contributed by atoms with van der Waals surface area (Å²) in [4.78, 5) is 0. The molecule has 1 heterocycles. The minimum Gasteiger partial charge on any atom is -0.407 e. The third kappa shape index (κ3) is 12.7. The lowest BCUT2D eigenvalue weighted by molar-refractivity contribution is -0.170. The first-order valence-corrected chi connectivity index (χ1v) is 28.9. The van der Waals surface area contributed by atoms with Crippen LogP contribution >= 0.6 is 0 Å². The van der Waals surface area contributed by atoms with Crippen molar-refractivity contribution < 1.29 is 28.5 Å². The van der Waals surface area contributed by atoms with E-state index in [0.29, 0.717) is 19.8 Å². The van der Waals surface area contributed by atoms with Crippen molar-refractivity contribution in [1.29, 1.82) is 0 Å². The number of hydrogen-bond donors (Lipinski definition) is 2. The van der Waals surface area contributed by atoms with Gasteiger partial charge in [-0.25, -0.2) is 0 Å². The third-order valence-electron chi connectivity index (χ3n) is 14.6. The van der Waals surface area contributed by atoms with Gasteiger partial charge in [-0.15, -0.1) is 0 Å². The Labute approximate surface area is 395 Å². The fourth-order valence-electron chi connectivity index (χ4n) is 11.0. The summed E-state index contributed by atoms with van der Waals surface area (Å²) in [6, 6.07) is 42.5. The molecule has 0 radical (unpaired) electrons. The Morgan fingerprint density at radius 1 is 0.631 bits per heavy atom. The van der Waals surface area contributed by atoms with Gasteiger partial charge in [-0.3, -0.25) is 0 Å². The average Bonchev–Trinajstić information content (AvgIpc) is 3.79. The Morgan fingerprint density at radius 2 is 1.09 bits per heavy atom. The topological polar surface area (TPSA) is 77.4 Å². The van der Waals surface area contributed by atoms with Gasteiger partial charge in [0.25, 0.3) is 16.6 Å². The second-order valence-corrected chi connectivity index (χ2v) is 29.7. The molecule has 65 heavy (non-hydrogen) atoms.